The van der Waals surface area contributed by atoms with Gasteiger partial charge in [0.15, 0.2) is 0 Å². The Morgan fingerprint density at radius 3 is 2.67 bits per heavy atom. The highest BCUT2D eigenvalue weighted by molar-refractivity contribution is 7.14. The molecule has 0 aliphatic heterocycles. The standard InChI is InChI=1S/C10H13NO3S/c1-6(2)5-7-3-4-8(15-7)9(11-14)10(12)13/h3-4,6,14H,5H2,1-2H3,(H,12,13)/b11-9-. The van der Waals surface area contributed by atoms with Gasteiger partial charge in [0.05, 0.1) is 4.88 Å². The van der Waals surface area contributed by atoms with E-state index in [1.54, 1.807) is 6.07 Å². The Morgan fingerprint density at radius 1 is 1.53 bits per heavy atom. The first-order valence-electron chi connectivity index (χ1n) is 4.59. The van der Waals surface area contributed by atoms with E-state index in [0.29, 0.717) is 10.8 Å². The lowest BCUT2D eigenvalue weighted by Crippen LogP contribution is -2.12. The second-order valence-electron chi connectivity index (χ2n) is 3.62. The van der Waals surface area contributed by atoms with E-state index in [-0.39, 0.29) is 5.71 Å². The fourth-order valence-corrected chi connectivity index (χ4v) is 2.41. The number of nitrogens with zero attached hydrogens (tertiary/aromatic N) is 1. The normalized spacial score (nSPS) is 12.1. The summed E-state index contributed by atoms with van der Waals surface area (Å²) in [7, 11) is 0. The average Bonchev–Trinajstić information content (AvgIpc) is 2.52. The van der Waals surface area contributed by atoms with Crippen LogP contribution in [0.15, 0.2) is 17.3 Å². The average molecular weight is 227 g/mol. The number of hydrogen-bond donors (Lipinski definition) is 2. The van der Waals surface area contributed by atoms with Crippen molar-refractivity contribution < 1.29 is 15.1 Å². The smallest absolute Gasteiger partial charge is 0.359 e. The molecule has 0 aliphatic rings. The van der Waals surface area contributed by atoms with Gasteiger partial charge in [-0.3, -0.25) is 0 Å². The van der Waals surface area contributed by atoms with Crippen molar-refractivity contribution in [3.63, 3.8) is 0 Å². The quantitative estimate of drug-likeness (QED) is 0.470. The predicted molar refractivity (Wildman–Crippen MR) is 58.8 cm³/mol. The summed E-state index contributed by atoms with van der Waals surface area (Å²) in [6.07, 6.45) is 0.906. The minimum absolute atomic E-state index is 0.296. The lowest BCUT2D eigenvalue weighted by atomic mass is 10.1. The molecule has 82 valence electrons. The molecule has 5 heteroatoms. The van der Waals surface area contributed by atoms with Gasteiger partial charge in [0.2, 0.25) is 5.71 Å². The Bertz CT molecular complexity index is 382. The zero-order chi connectivity index (χ0) is 11.4. The predicted octanol–water partition coefficient (Wildman–Crippen LogP) is 2.21. The van der Waals surface area contributed by atoms with Crippen LogP contribution < -0.4 is 0 Å². The van der Waals surface area contributed by atoms with Gasteiger partial charge in [-0.1, -0.05) is 19.0 Å². The Morgan fingerprint density at radius 2 is 2.20 bits per heavy atom. The monoisotopic (exact) mass is 227 g/mol. The van der Waals surface area contributed by atoms with Crippen LogP contribution in [-0.4, -0.2) is 22.0 Å². The van der Waals surface area contributed by atoms with Gasteiger partial charge in [0, 0.05) is 4.88 Å². The van der Waals surface area contributed by atoms with Crippen molar-refractivity contribution in [3.8, 4) is 0 Å². The maximum absolute atomic E-state index is 10.7. The molecule has 0 saturated heterocycles. The molecule has 0 unspecified atom stereocenters. The van der Waals surface area contributed by atoms with E-state index in [2.05, 4.69) is 19.0 Å². The summed E-state index contributed by atoms with van der Waals surface area (Å²) >= 11 is 1.35. The van der Waals surface area contributed by atoms with Crippen LogP contribution in [0.1, 0.15) is 23.6 Å². The minimum atomic E-state index is -1.21. The molecule has 0 atom stereocenters. The fourth-order valence-electron chi connectivity index (χ4n) is 1.21. The van der Waals surface area contributed by atoms with Gasteiger partial charge >= 0.3 is 5.97 Å². The number of carboxylic acid groups (broad SMARTS) is 1. The molecule has 0 fully saturated rings. The number of aliphatic carboxylic acids is 1. The first-order valence-corrected chi connectivity index (χ1v) is 5.40. The van der Waals surface area contributed by atoms with Crippen molar-refractivity contribution in [2.75, 3.05) is 0 Å². The molecule has 2 N–H and O–H groups in total. The van der Waals surface area contributed by atoms with Gasteiger partial charge in [-0.05, 0) is 24.5 Å². The van der Waals surface area contributed by atoms with Crippen LogP contribution in [0.3, 0.4) is 0 Å². The van der Waals surface area contributed by atoms with Crippen molar-refractivity contribution in [3.05, 3.63) is 21.9 Å². The third-order valence-electron chi connectivity index (χ3n) is 1.81. The van der Waals surface area contributed by atoms with Crippen molar-refractivity contribution >= 4 is 23.0 Å². The van der Waals surface area contributed by atoms with Gasteiger partial charge < -0.3 is 10.3 Å². The highest BCUT2D eigenvalue weighted by atomic mass is 32.1. The minimum Gasteiger partial charge on any atom is -0.476 e. The number of thiophene rings is 1. The van der Waals surface area contributed by atoms with Gasteiger partial charge in [-0.15, -0.1) is 11.3 Å². The van der Waals surface area contributed by atoms with E-state index in [1.165, 1.54) is 11.3 Å². The van der Waals surface area contributed by atoms with Gasteiger partial charge in [0.1, 0.15) is 0 Å². The number of rotatable bonds is 4. The second-order valence-corrected chi connectivity index (χ2v) is 4.79. The molecule has 0 radical (unpaired) electrons. The van der Waals surface area contributed by atoms with Gasteiger partial charge in [-0.25, -0.2) is 4.79 Å². The molecular weight excluding hydrogens is 214 g/mol. The number of hydrogen-bond acceptors (Lipinski definition) is 4. The number of carbonyl (C=O) groups is 1. The zero-order valence-electron chi connectivity index (χ0n) is 8.60. The van der Waals surface area contributed by atoms with E-state index < -0.39 is 5.97 Å². The maximum atomic E-state index is 10.7. The highest BCUT2D eigenvalue weighted by Crippen LogP contribution is 2.20. The highest BCUT2D eigenvalue weighted by Gasteiger charge is 2.15. The summed E-state index contributed by atoms with van der Waals surface area (Å²) in [5.74, 6) is -0.689. The molecule has 0 bridgehead atoms. The van der Waals surface area contributed by atoms with Crippen molar-refractivity contribution in [1.82, 2.24) is 0 Å². The molecule has 15 heavy (non-hydrogen) atoms. The molecule has 0 saturated carbocycles. The van der Waals surface area contributed by atoms with E-state index >= 15 is 0 Å². The molecular formula is C10H13NO3S. The Kier molecular flexibility index (Phi) is 3.85. The molecule has 4 nitrogen and oxygen atoms in total. The molecule has 1 aromatic rings. The summed E-state index contributed by atoms with van der Waals surface area (Å²) in [6, 6.07) is 3.54. The maximum Gasteiger partial charge on any atom is 0.359 e. The number of carboxylic acids is 1. The molecule has 0 amide bonds. The van der Waals surface area contributed by atoms with Crippen molar-refractivity contribution in [2.24, 2.45) is 11.1 Å². The van der Waals surface area contributed by atoms with Crippen LogP contribution in [-0.2, 0) is 11.2 Å². The first-order chi connectivity index (χ1) is 7.04. The summed E-state index contributed by atoms with van der Waals surface area (Å²) in [6.45, 7) is 4.19. The van der Waals surface area contributed by atoms with Crippen LogP contribution in [0.4, 0.5) is 0 Å². The van der Waals surface area contributed by atoms with Gasteiger partial charge in [0.25, 0.3) is 0 Å². The Balaban J connectivity index is 2.88. The zero-order valence-corrected chi connectivity index (χ0v) is 9.41. The molecule has 1 aromatic heterocycles. The largest absolute Gasteiger partial charge is 0.476 e. The van der Waals surface area contributed by atoms with E-state index in [0.717, 1.165) is 11.3 Å². The van der Waals surface area contributed by atoms with E-state index in [9.17, 15) is 4.79 Å². The summed E-state index contributed by atoms with van der Waals surface area (Å²) < 4.78 is 0. The van der Waals surface area contributed by atoms with Crippen LogP contribution in [0.5, 0.6) is 0 Å². The molecule has 0 spiro atoms. The fraction of sp³-hybridized carbons (Fsp3) is 0.400. The first kappa shape index (κ1) is 11.7. The van der Waals surface area contributed by atoms with Crippen molar-refractivity contribution in [1.29, 1.82) is 0 Å². The van der Waals surface area contributed by atoms with Crippen molar-refractivity contribution in [2.45, 2.75) is 20.3 Å². The summed E-state index contributed by atoms with van der Waals surface area (Å²) in [5, 5.41) is 20.1. The van der Waals surface area contributed by atoms with E-state index in [1.807, 2.05) is 6.07 Å². The second kappa shape index (κ2) is 4.93. The third kappa shape index (κ3) is 3.06. The van der Waals surface area contributed by atoms with Crippen LogP contribution in [0.2, 0.25) is 0 Å². The van der Waals surface area contributed by atoms with Gasteiger partial charge in [-0.2, -0.15) is 0 Å². The Hall–Kier alpha value is -1.36. The Labute approximate surface area is 91.9 Å². The molecule has 0 aromatic carbocycles. The molecule has 1 rings (SSSR count). The number of oxime groups is 1. The SMILES string of the molecule is CC(C)Cc1ccc(/C(=N/O)C(=O)O)s1. The van der Waals surface area contributed by atoms with Crippen LogP contribution in [0.25, 0.3) is 0 Å². The molecule has 0 aliphatic carbocycles. The lowest BCUT2D eigenvalue weighted by Gasteiger charge is -1.99. The summed E-state index contributed by atoms with van der Waals surface area (Å²) in [4.78, 5) is 12.3. The molecule has 1 heterocycles. The van der Waals surface area contributed by atoms with E-state index in [4.69, 9.17) is 10.3 Å². The summed E-state index contributed by atoms with van der Waals surface area (Å²) in [5.41, 5.74) is -0.296. The third-order valence-corrected chi connectivity index (χ3v) is 2.92. The van der Waals surface area contributed by atoms with Crippen LogP contribution in [0, 0.1) is 5.92 Å². The lowest BCUT2D eigenvalue weighted by molar-refractivity contribution is -0.129. The topological polar surface area (TPSA) is 69.9 Å². The van der Waals surface area contributed by atoms with Crippen LogP contribution >= 0.6 is 11.3 Å².